The van der Waals surface area contributed by atoms with Crippen molar-refractivity contribution in [2.75, 3.05) is 11.9 Å². The molecule has 126 valence electrons. The number of nitrogens with one attached hydrogen (secondary N) is 2. The summed E-state index contributed by atoms with van der Waals surface area (Å²) in [6, 6.07) is 12.0. The second-order valence-electron chi connectivity index (χ2n) is 5.26. The van der Waals surface area contributed by atoms with Gasteiger partial charge in [-0.2, -0.15) is 0 Å². The number of carbonyl (C=O) groups is 2. The Bertz CT molecular complexity index is 732. The van der Waals surface area contributed by atoms with Gasteiger partial charge in [-0.05, 0) is 71.5 Å². The van der Waals surface area contributed by atoms with Gasteiger partial charge in [0, 0.05) is 20.7 Å². The van der Waals surface area contributed by atoms with E-state index in [9.17, 15) is 9.59 Å². The van der Waals surface area contributed by atoms with E-state index in [4.69, 9.17) is 11.6 Å². The average Bonchev–Trinajstić information content (AvgIpc) is 2.57. The second kappa shape index (κ2) is 9.03. The molecule has 0 heterocycles. The summed E-state index contributed by atoms with van der Waals surface area (Å²) < 4.78 is 0.928. The van der Waals surface area contributed by atoms with Gasteiger partial charge in [-0.3, -0.25) is 9.59 Å². The molecule has 0 aliphatic heterocycles. The largest absolute Gasteiger partial charge is 0.352 e. The number of hydrogen-bond acceptors (Lipinski definition) is 2. The summed E-state index contributed by atoms with van der Waals surface area (Å²) in [6.45, 7) is 2.68. The molecule has 0 radical (unpaired) electrons. The highest BCUT2D eigenvalue weighted by molar-refractivity contribution is 14.1. The first kappa shape index (κ1) is 18.7. The Kier molecular flexibility index (Phi) is 7.05. The third-order valence-electron chi connectivity index (χ3n) is 3.40. The first-order chi connectivity index (χ1) is 11.5. The van der Waals surface area contributed by atoms with Crippen LogP contribution in [0, 0.1) is 3.57 Å². The Morgan fingerprint density at radius 2 is 1.79 bits per heavy atom. The number of carbonyl (C=O) groups excluding carboxylic acids is 2. The molecule has 2 amide bonds. The summed E-state index contributed by atoms with van der Waals surface area (Å²) in [5.41, 5.74) is 1.43. The number of hydrogen-bond donors (Lipinski definition) is 2. The molecule has 0 spiro atoms. The molecule has 0 aliphatic rings. The third-order valence-corrected chi connectivity index (χ3v) is 4.32. The van der Waals surface area contributed by atoms with Crippen LogP contribution >= 0.6 is 34.2 Å². The number of halogens is 2. The van der Waals surface area contributed by atoms with Crippen LogP contribution in [0.2, 0.25) is 5.02 Å². The third kappa shape index (κ3) is 5.21. The van der Waals surface area contributed by atoms with Crippen molar-refractivity contribution in [2.24, 2.45) is 0 Å². The number of rotatable bonds is 6. The lowest BCUT2D eigenvalue weighted by Gasteiger charge is -2.12. The molecule has 0 bridgehead atoms. The molecule has 2 aromatic rings. The average molecular weight is 457 g/mol. The van der Waals surface area contributed by atoms with Crippen LogP contribution in [0.3, 0.4) is 0 Å². The quantitative estimate of drug-likeness (QED) is 0.488. The Labute approximate surface area is 160 Å². The van der Waals surface area contributed by atoms with Crippen molar-refractivity contribution < 1.29 is 9.59 Å². The summed E-state index contributed by atoms with van der Waals surface area (Å²) in [5, 5.41) is 6.24. The van der Waals surface area contributed by atoms with Crippen LogP contribution in [0.1, 0.15) is 40.5 Å². The molecule has 2 N–H and O–H groups in total. The number of benzene rings is 2. The van der Waals surface area contributed by atoms with E-state index < -0.39 is 0 Å². The minimum Gasteiger partial charge on any atom is -0.352 e. The van der Waals surface area contributed by atoms with Gasteiger partial charge in [0.1, 0.15) is 0 Å². The molecule has 0 unspecified atom stereocenters. The fraction of sp³-hybridized carbons (Fsp3) is 0.222. The maximum atomic E-state index is 12.4. The van der Waals surface area contributed by atoms with Crippen molar-refractivity contribution in [2.45, 2.75) is 19.8 Å². The molecule has 0 aromatic heterocycles. The normalized spacial score (nSPS) is 10.3. The maximum Gasteiger partial charge on any atom is 0.255 e. The molecule has 0 fully saturated rings. The first-order valence-electron chi connectivity index (χ1n) is 7.66. The van der Waals surface area contributed by atoms with E-state index in [-0.39, 0.29) is 11.8 Å². The van der Waals surface area contributed by atoms with Crippen molar-refractivity contribution in [3.05, 3.63) is 62.2 Å². The Morgan fingerprint density at radius 1 is 1.08 bits per heavy atom. The van der Waals surface area contributed by atoms with Gasteiger partial charge in [0.25, 0.3) is 11.8 Å². The predicted molar refractivity (Wildman–Crippen MR) is 106 cm³/mol. The molecule has 6 heteroatoms. The van der Waals surface area contributed by atoms with E-state index in [0.29, 0.717) is 28.4 Å². The Morgan fingerprint density at radius 3 is 2.46 bits per heavy atom. The summed E-state index contributed by atoms with van der Waals surface area (Å²) >= 11 is 7.98. The number of unbranched alkanes of at least 4 members (excludes halogenated alkanes) is 1. The van der Waals surface area contributed by atoms with Gasteiger partial charge in [0.15, 0.2) is 0 Å². The van der Waals surface area contributed by atoms with Gasteiger partial charge in [0.2, 0.25) is 0 Å². The van der Waals surface area contributed by atoms with E-state index in [1.54, 1.807) is 36.4 Å². The van der Waals surface area contributed by atoms with Crippen LogP contribution in [0.15, 0.2) is 42.5 Å². The van der Waals surface area contributed by atoms with Crippen LogP contribution in [0.4, 0.5) is 5.69 Å². The molecule has 0 aliphatic carbocycles. The van der Waals surface area contributed by atoms with Crippen molar-refractivity contribution in [1.82, 2.24) is 5.32 Å². The van der Waals surface area contributed by atoms with Crippen molar-refractivity contribution in [3.63, 3.8) is 0 Å². The van der Waals surface area contributed by atoms with Crippen LogP contribution in [-0.4, -0.2) is 18.4 Å². The lowest BCUT2D eigenvalue weighted by atomic mass is 10.1. The molecule has 4 nitrogen and oxygen atoms in total. The summed E-state index contributed by atoms with van der Waals surface area (Å²) in [4.78, 5) is 24.7. The molecule has 24 heavy (non-hydrogen) atoms. The Balaban J connectivity index is 2.18. The summed E-state index contributed by atoms with van der Waals surface area (Å²) in [5.74, 6) is -0.469. The van der Waals surface area contributed by atoms with Crippen molar-refractivity contribution in [3.8, 4) is 0 Å². The van der Waals surface area contributed by atoms with E-state index in [1.807, 2.05) is 6.07 Å². The molecule has 2 aromatic carbocycles. The summed E-state index contributed by atoms with van der Waals surface area (Å²) in [7, 11) is 0. The van der Waals surface area contributed by atoms with Gasteiger partial charge >= 0.3 is 0 Å². The van der Waals surface area contributed by atoms with Crippen molar-refractivity contribution >= 4 is 51.7 Å². The molecular weight excluding hydrogens is 439 g/mol. The van der Waals surface area contributed by atoms with E-state index >= 15 is 0 Å². The minimum absolute atomic E-state index is 0.187. The number of anilines is 1. The number of amides is 2. The molecule has 0 saturated heterocycles. The standard InChI is InChI=1S/C18H18ClIN2O2/c1-2-3-10-21-18(24)15-11-14(20)8-9-16(15)22-17(23)12-4-6-13(19)7-5-12/h4-9,11H,2-3,10H2,1H3,(H,21,24)(H,22,23). The molecule has 0 atom stereocenters. The van der Waals surface area contributed by atoms with Gasteiger partial charge in [-0.15, -0.1) is 0 Å². The lowest BCUT2D eigenvalue weighted by molar-refractivity contribution is 0.0954. The Hall–Kier alpha value is -1.60. The van der Waals surface area contributed by atoms with Gasteiger partial charge in [0.05, 0.1) is 11.3 Å². The zero-order valence-electron chi connectivity index (χ0n) is 13.2. The zero-order chi connectivity index (χ0) is 17.5. The van der Waals surface area contributed by atoms with Crippen LogP contribution in [0.5, 0.6) is 0 Å². The highest BCUT2D eigenvalue weighted by Crippen LogP contribution is 2.20. The van der Waals surface area contributed by atoms with E-state index in [0.717, 1.165) is 16.4 Å². The summed E-state index contributed by atoms with van der Waals surface area (Å²) in [6.07, 6.45) is 1.93. The van der Waals surface area contributed by atoms with E-state index in [2.05, 4.69) is 40.1 Å². The molecular formula is C18H18ClIN2O2. The van der Waals surface area contributed by atoms with Crippen LogP contribution < -0.4 is 10.6 Å². The predicted octanol–water partition coefficient (Wildman–Crippen LogP) is 4.73. The molecule has 0 saturated carbocycles. The fourth-order valence-corrected chi connectivity index (χ4v) is 2.70. The monoisotopic (exact) mass is 456 g/mol. The van der Waals surface area contributed by atoms with Gasteiger partial charge in [-0.25, -0.2) is 0 Å². The van der Waals surface area contributed by atoms with Gasteiger partial charge in [-0.1, -0.05) is 24.9 Å². The van der Waals surface area contributed by atoms with Crippen molar-refractivity contribution in [1.29, 1.82) is 0 Å². The topological polar surface area (TPSA) is 58.2 Å². The zero-order valence-corrected chi connectivity index (χ0v) is 16.1. The van der Waals surface area contributed by atoms with Crippen LogP contribution in [-0.2, 0) is 0 Å². The maximum absolute atomic E-state index is 12.4. The first-order valence-corrected chi connectivity index (χ1v) is 9.11. The minimum atomic E-state index is -0.282. The van der Waals surface area contributed by atoms with Crippen LogP contribution in [0.25, 0.3) is 0 Å². The van der Waals surface area contributed by atoms with Gasteiger partial charge < -0.3 is 10.6 Å². The highest BCUT2D eigenvalue weighted by Gasteiger charge is 2.14. The molecule has 2 rings (SSSR count). The highest BCUT2D eigenvalue weighted by atomic mass is 127. The van der Waals surface area contributed by atoms with E-state index in [1.165, 1.54) is 0 Å². The fourth-order valence-electron chi connectivity index (χ4n) is 2.08. The lowest BCUT2D eigenvalue weighted by Crippen LogP contribution is -2.26. The smallest absolute Gasteiger partial charge is 0.255 e. The SMILES string of the molecule is CCCCNC(=O)c1cc(I)ccc1NC(=O)c1ccc(Cl)cc1. The second-order valence-corrected chi connectivity index (χ2v) is 6.94.